The Kier molecular flexibility index (Phi) is 28.7. The van der Waals surface area contributed by atoms with Crippen molar-refractivity contribution in [2.24, 2.45) is 17.8 Å². The summed E-state index contributed by atoms with van der Waals surface area (Å²) in [5.41, 5.74) is -3.84. The van der Waals surface area contributed by atoms with E-state index in [0.717, 1.165) is 62.3 Å². The van der Waals surface area contributed by atoms with Crippen LogP contribution in [0.4, 0.5) is 26.3 Å². The van der Waals surface area contributed by atoms with Gasteiger partial charge in [-0.25, -0.2) is 13.2 Å². The minimum absolute atomic E-state index is 0.0169. The van der Waals surface area contributed by atoms with Crippen LogP contribution in [-0.2, 0) is 81.3 Å². The van der Waals surface area contributed by atoms with E-state index in [9.17, 15) is 36.7 Å². The van der Waals surface area contributed by atoms with Crippen molar-refractivity contribution >= 4 is 70.9 Å². The van der Waals surface area contributed by atoms with Crippen molar-refractivity contribution in [3.8, 4) is 0 Å². The van der Waals surface area contributed by atoms with Crippen LogP contribution < -0.4 is 16.0 Å². The summed E-state index contributed by atoms with van der Waals surface area (Å²) in [6.45, 7) is 3.39. The third-order valence-electron chi connectivity index (χ3n) is 22.7. The zero-order chi connectivity index (χ0) is 78.7. The van der Waals surface area contributed by atoms with Crippen LogP contribution in [0.3, 0.4) is 0 Å². The van der Waals surface area contributed by atoms with Gasteiger partial charge in [-0.3, -0.25) is 57.5 Å². The number of aryl methyl sites for hydroxylation is 1. The molecule has 10 atom stereocenters. The van der Waals surface area contributed by atoms with Crippen molar-refractivity contribution in [3.05, 3.63) is 82.7 Å². The topological polar surface area (TPSA) is 279 Å². The minimum atomic E-state index is -5.43. The summed E-state index contributed by atoms with van der Waals surface area (Å²) in [7, 11) is 11.1. The minimum Gasteiger partial charge on any atom is -0.377 e. The van der Waals surface area contributed by atoms with E-state index in [1.54, 1.807) is 26.0 Å². The average Bonchev–Trinajstić information content (AvgIpc) is 1.48. The molecule has 3 aliphatic carbocycles. The predicted molar refractivity (Wildman–Crippen MR) is 381 cm³/mol. The van der Waals surface area contributed by atoms with E-state index in [-0.39, 0.29) is 76.1 Å². The Balaban J connectivity index is 1.22. The van der Waals surface area contributed by atoms with Gasteiger partial charge in [0.15, 0.2) is 0 Å². The Morgan fingerprint density at radius 3 is 1.89 bits per heavy atom. The normalized spacial score (nSPS) is 26.9. The quantitative estimate of drug-likeness (QED) is 0.168. The summed E-state index contributed by atoms with van der Waals surface area (Å²) in [5, 5.41) is 8.45. The van der Waals surface area contributed by atoms with Gasteiger partial charge in [-0.1, -0.05) is 83.1 Å². The molecule has 12 amide bonds. The first-order valence-corrected chi connectivity index (χ1v) is 37.4. The fourth-order valence-electron chi connectivity index (χ4n) is 15.9. The molecule has 3 heterocycles. The molecule has 8 rings (SSSR count). The van der Waals surface area contributed by atoms with Gasteiger partial charge in [-0.2, -0.15) is 13.2 Å². The van der Waals surface area contributed by atoms with E-state index in [2.05, 4.69) is 16.0 Å². The summed E-state index contributed by atoms with van der Waals surface area (Å²) in [6, 6.07) is -5.29. The highest BCUT2D eigenvalue weighted by molar-refractivity contribution is 6.01. The number of amides is 12. The van der Waals surface area contributed by atoms with Crippen molar-refractivity contribution in [1.82, 2.24) is 60.0 Å². The predicted octanol–water partition coefficient (Wildman–Crippen LogP) is 5.39. The molecular formula is C76H106F6N12O13. The second-order valence-corrected chi connectivity index (χ2v) is 30.2. The molecule has 1 spiro atoms. The van der Waals surface area contributed by atoms with Crippen molar-refractivity contribution < 1.29 is 88.6 Å². The first kappa shape index (κ1) is 84.0. The fourth-order valence-corrected chi connectivity index (χ4v) is 15.9. The van der Waals surface area contributed by atoms with Gasteiger partial charge >= 0.3 is 6.18 Å². The molecule has 3 N–H and O–H groups in total. The zero-order valence-electron chi connectivity index (χ0n) is 63.3. The summed E-state index contributed by atoms with van der Waals surface area (Å²) in [5.74, 6) is -14.8. The Morgan fingerprint density at radius 2 is 1.30 bits per heavy atom. The van der Waals surface area contributed by atoms with Gasteiger partial charge < -0.3 is 64.8 Å². The van der Waals surface area contributed by atoms with E-state index in [1.807, 2.05) is 6.92 Å². The van der Waals surface area contributed by atoms with Crippen LogP contribution in [-0.4, -0.2) is 264 Å². The molecule has 590 valence electrons. The summed E-state index contributed by atoms with van der Waals surface area (Å²) < 4.78 is 92.5. The standard InChI is InChI=1S/C76H106F6N12O13/c1-12-45(3)64-72(104)88(7)44-62(97)89(8)55-26-15-14-20-35-93(71(55)103)59(39-47-27-30-50(77)31-28-47)70(102)87(6)43-60(95)83-54(32-29-48-36-52(78)63(53(79)37-48)76(80,81)82)68(100)94-42-51(107-13-2)40-57(94)67(99)85-75(33-21-34-75)74(106)92(11)65(49-24-18-19-25-49)73(105)91(10)58(69(101)86(4)5)41-61(96)90(9)56(66(98)84-64)38-46-22-16-17-23-46/h14-15,27-28,30-31,36-37,45-46,49,51,54-59,64-65H,12-13,16-26,29,32-35,38-44H2,1-11H3,(H,83,95)(H,84,98)(H,85,99)/b15-14-/t45-,51+,54-,55-,56-,57-,58-,59-,64-,65-/m0/s1. The fraction of sp³-hybridized carbons (Fsp3) is 0.658. The molecule has 107 heavy (non-hydrogen) atoms. The second kappa shape index (κ2) is 36.5. The number of carbonyl (C=O) groups excluding carboxylic acids is 12. The molecule has 0 aromatic heterocycles. The maximum absolute atomic E-state index is 15.6. The number of rotatable bonds is 13. The molecule has 6 aliphatic rings. The van der Waals surface area contributed by atoms with Crippen LogP contribution in [0.15, 0.2) is 48.6 Å². The number of hydrogen-bond acceptors (Lipinski definition) is 13. The van der Waals surface area contributed by atoms with E-state index in [1.165, 1.54) is 88.1 Å². The summed E-state index contributed by atoms with van der Waals surface area (Å²) in [6.07, 6.45) is 1.74. The first-order chi connectivity index (χ1) is 50.5. The zero-order valence-corrected chi connectivity index (χ0v) is 63.3. The van der Waals surface area contributed by atoms with Gasteiger partial charge in [-0.15, -0.1) is 0 Å². The summed E-state index contributed by atoms with van der Waals surface area (Å²) in [4.78, 5) is 192. The van der Waals surface area contributed by atoms with Crippen LogP contribution >= 0.6 is 0 Å². The molecule has 2 bridgehead atoms. The lowest BCUT2D eigenvalue weighted by molar-refractivity contribution is -0.158. The van der Waals surface area contributed by atoms with Crippen molar-refractivity contribution in [2.75, 3.05) is 89.2 Å². The lowest BCUT2D eigenvalue weighted by atomic mass is 9.74. The Hall–Kier alpha value is -8.64. The van der Waals surface area contributed by atoms with Crippen LogP contribution in [0.2, 0.25) is 0 Å². The highest BCUT2D eigenvalue weighted by atomic mass is 19.4. The lowest BCUT2D eigenvalue weighted by Gasteiger charge is -2.46. The number of alkyl halides is 3. The molecule has 3 saturated carbocycles. The Labute approximate surface area is 622 Å². The van der Waals surface area contributed by atoms with Gasteiger partial charge in [0.2, 0.25) is 70.9 Å². The van der Waals surface area contributed by atoms with Crippen molar-refractivity contribution in [1.29, 1.82) is 0 Å². The molecule has 25 nitrogen and oxygen atoms in total. The SMILES string of the molecule is CCO[C@@H]1C[C@H]2C(=O)NC3(CCC3)C(=O)N(C)[C@@H](C3CCCC3)C(=O)N(C)[C@H](C(=O)N(C)C)CC(=O)N(C)[C@@H](CC3CCCC3)C(=O)N[C@@H]([C@@H](C)CC)C(=O)N(C)CC(=O)N(C)[C@H]3C/C=C\CCN(C3=O)[C@@H](Cc3ccc(F)cc3)C(=O)N(C)CC(=O)N[C@@H](CCc3cc(F)c(C(F)(F)F)c(F)c3)C(=O)N2C1. The molecular weight excluding hydrogens is 1400 g/mol. The van der Waals surface area contributed by atoms with Gasteiger partial charge in [-0.05, 0) is 124 Å². The summed E-state index contributed by atoms with van der Waals surface area (Å²) >= 11 is 0. The number of halogens is 6. The van der Waals surface area contributed by atoms with Crippen LogP contribution in [0, 0.1) is 35.2 Å². The molecule has 2 aromatic carbocycles. The van der Waals surface area contributed by atoms with E-state index >= 15 is 47.1 Å². The second-order valence-electron chi connectivity index (χ2n) is 30.2. The van der Waals surface area contributed by atoms with E-state index in [0.29, 0.717) is 56.2 Å². The van der Waals surface area contributed by atoms with Crippen LogP contribution in [0.25, 0.3) is 0 Å². The average molecular weight is 1510 g/mol. The number of benzene rings is 2. The largest absolute Gasteiger partial charge is 0.422 e. The molecule has 2 saturated heterocycles. The third-order valence-corrected chi connectivity index (χ3v) is 22.7. The molecule has 3 aliphatic heterocycles. The van der Waals surface area contributed by atoms with E-state index in [4.69, 9.17) is 4.74 Å². The molecule has 2 aromatic rings. The van der Waals surface area contributed by atoms with Crippen LogP contribution in [0.1, 0.15) is 153 Å². The van der Waals surface area contributed by atoms with E-state index < -0.39 is 204 Å². The molecule has 31 heteroatoms. The molecule has 5 fully saturated rings. The maximum atomic E-state index is 15.6. The number of fused-ring (bicyclic) bond motifs is 3. The number of ether oxygens (including phenoxy) is 1. The number of nitrogens with zero attached hydrogens (tertiary/aromatic N) is 9. The number of likely N-dealkylation sites (N-methyl/N-ethyl adjacent to an activating group) is 7. The van der Waals surface area contributed by atoms with Gasteiger partial charge in [0, 0.05) is 88.9 Å². The van der Waals surface area contributed by atoms with Gasteiger partial charge in [0.1, 0.15) is 76.9 Å². The first-order valence-electron chi connectivity index (χ1n) is 37.4. The van der Waals surface area contributed by atoms with Gasteiger partial charge in [0.05, 0.1) is 25.6 Å². The van der Waals surface area contributed by atoms with Crippen molar-refractivity contribution in [3.63, 3.8) is 0 Å². The Morgan fingerprint density at radius 1 is 0.673 bits per heavy atom. The molecule has 0 unspecified atom stereocenters. The Bertz CT molecular complexity index is 3600. The van der Waals surface area contributed by atoms with Crippen molar-refractivity contribution in [2.45, 2.75) is 215 Å². The highest BCUT2D eigenvalue weighted by Gasteiger charge is 2.54. The smallest absolute Gasteiger partial charge is 0.377 e. The maximum Gasteiger partial charge on any atom is 0.422 e. The number of carbonyl (C=O) groups is 12. The lowest BCUT2D eigenvalue weighted by Crippen LogP contribution is -2.68. The monoisotopic (exact) mass is 1510 g/mol. The number of hydrogen-bond donors (Lipinski definition) is 3. The van der Waals surface area contributed by atoms with Gasteiger partial charge in [0.25, 0.3) is 0 Å². The third kappa shape index (κ3) is 20.0. The molecule has 0 radical (unpaired) electrons. The number of nitrogens with one attached hydrogen (secondary N) is 3. The van der Waals surface area contributed by atoms with Crippen LogP contribution in [0.5, 0.6) is 0 Å². The highest BCUT2D eigenvalue weighted by Crippen LogP contribution is 2.40.